The summed E-state index contributed by atoms with van der Waals surface area (Å²) in [5.74, 6) is 0.235. The number of aliphatic hydroxyl groups excluding tert-OH is 3. The van der Waals surface area contributed by atoms with E-state index in [0.29, 0.717) is 24.9 Å². The lowest BCUT2D eigenvalue weighted by atomic mass is 9.45. The molecule has 3 N–H and O–H groups in total. The van der Waals surface area contributed by atoms with Crippen LogP contribution in [0.3, 0.4) is 0 Å². The van der Waals surface area contributed by atoms with Crippen LogP contribution in [0.2, 0.25) is 0 Å². The SMILES string of the molecule is CC(=O)O[C@H]1COC2C3C(CC[C@@]21CO)[C@@]1(C)CC[C@H](O)CC1C[C@@H]3O. The molecule has 1 saturated heterocycles. The van der Waals surface area contributed by atoms with Crippen LogP contribution in [0, 0.1) is 28.6 Å². The van der Waals surface area contributed by atoms with E-state index in [-0.39, 0.29) is 36.1 Å². The minimum Gasteiger partial charge on any atom is -0.459 e. The summed E-state index contributed by atoms with van der Waals surface area (Å²) >= 11 is 0. The van der Waals surface area contributed by atoms with Crippen molar-refractivity contribution in [3.8, 4) is 0 Å². The van der Waals surface area contributed by atoms with E-state index in [0.717, 1.165) is 32.1 Å². The normalized spacial score (nSPS) is 53.3. The van der Waals surface area contributed by atoms with Crippen LogP contribution in [-0.2, 0) is 14.3 Å². The summed E-state index contributed by atoms with van der Waals surface area (Å²) in [6.45, 7) is 3.90. The predicted molar refractivity (Wildman–Crippen MR) is 93.1 cm³/mol. The number of esters is 1. The standard InChI is InChI=1S/C20H32O6/c1-11(22)26-16-9-25-18-17-14(4-6-20(16,18)10-21)19(2)5-3-13(23)7-12(19)8-15(17)24/h12-18,21,23-24H,3-10H2,1-2H3/t12?,13-,14?,15-,16-,17?,18?,19-,20-/m0/s1. The molecule has 4 rings (SSSR count). The Balaban J connectivity index is 1.65. The van der Waals surface area contributed by atoms with Crippen molar-refractivity contribution in [3.63, 3.8) is 0 Å². The van der Waals surface area contributed by atoms with Crippen LogP contribution < -0.4 is 0 Å². The maximum Gasteiger partial charge on any atom is 0.303 e. The molecule has 1 heterocycles. The summed E-state index contributed by atoms with van der Waals surface area (Å²) in [7, 11) is 0. The Bertz CT molecular complexity index is 567. The van der Waals surface area contributed by atoms with Crippen molar-refractivity contribution >= 4 is 5.97 Å². The molecule has 0 radical (unpaired) electrons. The molecule has 0 amide bonds. The number of carbonyl (C=O) groups excluding carboxylic acids is 1. The van der Waals surface area contributed by atoms with E-state index in [2.05, 4.69) is 6.92 Å². The molecule has 9 atom stereocenters. The van der Waals surface area contributed by atoms with Gasteiger partial charge in [0.25, 0.3) is 0 Å². The van der Waals surface area contributed by atoms with Gasteiger partial charge in [0.1, 0.15) is 6.10 Å². The van der Waals surface area contributed by atoms with Crippen molar-refractivity contribution in [2.24, 2.45) is 28.6 Å². The quantitative estimate of drug-likeness (QED) is 0.635. The molecule has 4 unspecified atom stereocenters. The predicted octanol–water partition coefficient (Wildman–Crippen LogP) is 1.25. The van der Waals surface area contributed by atoms with Crippen molar-refractivity contribution in [1.82, 2.24) is 0 Å². The second kappa shape index (κ2) is 6.43. The highest BCUT2D eigenvalue weighted by atomic mass is 16.6. The zero-order valence-corrected chi connectivity index (χ0v) is 15.8. The number of fused-ring (bicyclic) bond motifs is 5. The van der Waals surface area contributed by atoms with E-state index in [1.54, 1.807) is 0 Å². The molecule has 4 aliphatic rings. The summed E-state index contributed by atoms with van der Waals surface area (Å²) in [5.41, 5.74) is -0.515. The fourth-order valence-corrected chi connectivity index (χ4v) is 6.89. The average molecular weight is 368 g/mol. The van der Waals surface area contributed by atoms with Gasteiger partial charge in [-0.3, -0.25) is 4.79 Å². The number of carbonyl (C=O) groups is 1. The maximum absolute atomic E-state index is 11.5. The molecule has 3 aliphatic carbocycles. The molecular formula is C20H32O6. The monoisotopic (exact) mass is 368 g/mol. The summed E-state index contributed by atoms with van der Waals surface area (Å²) in [4.78, 5) is 11.5. The molecule has 0 spiro atoms. The number of ether oxygens (including phenoxy) is 2. The van der Waals surface area contributed by atoms with Crippen LogP contribution in [0.15, 0.2) is 0 Å². The first kappa shape index (κ1) is 18.7. The van der Waals surface area contributed by atoms with Crippen molar-refractivity contribution in [2.45, 2.75) is 76.8 Å². The van der Waals surface area contributed by atoms with Crippen LogP contribution >= 0.6 is 0 Å². The van der Waals surface area contributed by atoms with E-state index in [4.69, 9.17) is 9.47 Å². The van der Waals surface area contributed by atoms with Crippen molar-refractivity contribution < 1.29 is 29.6 Å². The van der Waals surface area contributed by atoms with Crippen molar-refractivity contribution in [3.05, 3.63) is 0 Å². The smallest absolute Gasteiger partial charge is 0.303 e. The van der Waals surface area contributed by atoms with Gasteiger partial charge in [-0.25, -0.2) is 0 Å². The highest BCUT2D eigenvalue weighted by Gasteiger charge is 2.65. The third-order valence-corrected chi connectivity index (χ3v) is 8.30. The second-order valence-corrected chi connectivity index (χ2v) is 9.40. The zero-order chi connectivity index (χ0) is 18.7. The summed E-state index contributed by atoms with van der Waals surface area (Å²) in [5, 5.41) is 31.4. The van der Waals surface area contributed by atoms with Crippen LogP contribution in [0.25, 0.3) is 0 Å². The highest BCUT2D eigenvalue weighted by molar-refractivity contribution is 5.66. The minimum atomic E-state index is -0.606. The van der Waals surface area contributed by atoms with Crippen LogP contribution in [0.5, 0.6) is 0 Å². The van der Waals surface area contributed by atoms with Gasteiger partial charge in [0.05, 0.1) is 36.9 Å². The summed E-state index contributed by atoms with van der Waals surface area (Å²) < 4.78 is 11.6. The lowest BCUT2D eigenvalue weighted by molar-refractivity contribution is -0.202. The van der Waals surface area contributed by atoms with Crippen molar-refractivity contribution in [2.75, 3.05) is 13.2 Å². The lowest BCUT2D eigenvalue weighted by Gasteiger charge is -2.61. The Morgan fingerprint density at radius 3 is 2.69 bits per heavy atom. The van der Waals surface area contributed by atoms with Gasteiger partial charge < -0.3 is 24.8 Å². The molecule has 4 fully saturated rings. The van der Waals surface area contributed by atoms with Gasteiger partial charge in [0.2, 0.25) is 0 Å². The topological polar surface area (TPSA) is 96.2 Å². The molecule has 6 nitrogen and oxygen atoms in total. The van der Waals surface area contributed by atoms with Crippen LogP contribution in [-0.4, -0.2) is 58.9 Å². The van der Waals surface area contributed by atoms with Crippen LogP contribution in [0.4, 0.5) is 0 Å². The molecule has 3 saturated carbocycles. The van der Waals surface area contributed by atoms with E-state index < -0.39 is 17.6 Å². The molecule has 0 aromatic heterocycles. The summed E-state index contributed by atoms with van der Waals surface area (Å²) in [6.07, 6.45) is 3.38. The first-order valence-electron chi connectivity index (χ1n) is 10.1. The molecule has 0 aromatic rings. The second-order valence-electron chi connectivity index (χ2n) is 9.40. The average Bonchev–Trinajstić information content (AvgIpc) is 2.95. The number of hydrogen-bond acceptors (Lipinski definition) is 6. The van der Waals surface area contributed by atoms with E-state index in [1.165, 1.54) is 6.92 Å². The van der Waals surface area contributed by atoms with Gasteiger partial charge in [-0.15, -0.1) is 0 Å². The fraction of sp³-hybridized carbons (Fsp3) is 0.950. The Kier molecular flexibility index (Phi) is 4.62. The molecule has 0 bridgehead atoms. The number of hydrogen-bond donors (Lipinski definition) is 3. The molecular weight excluding hydrogens is 336 g/mol. The largest absolute Gasteiger partial charge is 0.459 e. The minimum absolute atomic E-state index is 0.0482. The first-order valence-corrected chi connectivity index (χ1v) is 10.1. The Morgan fingerprint density at radius 1 is 1.23 bits per heavy atom. The summed E-state index contributed by atoms with van der Waals surface area (Å²) in [6, 6.07) is 0. The van der Waals surface area contributed by atoms with Gasteiger partial charge in [-0.1, -0.05) is 6.92 Å². The van der Waals surface area contributed by atoms with E-state index >= 15 is 0 Å². The van der Waals surface area contributed by atoms with Crippen LogP contribution in [0.1, 0.15) is 52.4 Å². The Labute approximate surface area is 154 Å². The third kappa shape index (κ3) is 2.56. The molecule has 148 valence electrons. The van der Waals surface area contributed by atoms with E-state index in [9.17, 15) is 20.1 Å². The Hall–Kier alpha value is -0.690. The first-order chi connectivity index (χ1) is 12.3. The van der Waals surface area contributed by atoms with Gasteiger partial charge >= 0.3 is 5.97 Å². The van der Waals surface area contributed by atoms with Gasteiger partial charge in [-0.2, -0.15) is 0 Å². The fourth-order valence-electron chi connectivity index (χ4n) is 6.89. The number of aliphatic hydroxyl groups is 3. The number of rotatable bonds is 2. The third-order valence-electron chi connectivity index (χ3n) is 8.30. The highest BCUT2D eigenvalue weighted by Crippen LogP contribution is 2.63. The maximum atomic E-state index is 11.5. The molecule has 26 heavy (non-hydrogen) atoms. The van der Waals surface area contributed by atoms with Gasteiger partial charge in [0, 0.05) is 12.8 Å². The molecule has 0 aromatic carbocycles. The molecule has 1 aliphatic heterocycles. The Morgan fingerprint density at radius 2 is 2.00 bits per heavy atom. The van der Waals surface area contributed by atoms with Crippen molar-refractivity contribution in [1.29, 1.82) is 0 Å². The van der Waals surface area contributed by atoms with Gasteiger partial charge in [0.15, 0.2) is 0 Å². The zero-order valence-electron chi connectivity index (χ0n) is 15.8. The van der Waals surface area contributed by atoms with Gasteiger partial charge in [-0.05, 0) is 55.8 Å². The molecule has 6 heteroatoms. The lowest BCUT2D eigenvalue weighted by Crippen LogP contribution is -2.62. The van der Waals surface area contributed by atoms with E-state index in [1.807, 2.05) is 0 Å².